The van der Waals surface area contributed by atoms with Crippen LogP contribution < -0.4 is 0 Å². The monoisotopic (exact) mass is 281 g/mol. The van der Waals surface area contributed by atoms with Gasteiger partial charge < -0.3 is 4.74 Å². The molecule has 2 rings (SSSR count). The molecule has 0 spiro atoms. The standard InChI is InChI=1S/C14H10F3NO2/c1-2-20-14(19)13-11(16)6-8(7-18-13)9-4-3-5-10(15)12(9)17/h3-7H,2H2,1H3. The fourth-order valence-electron chi connectivity index (χ4n) is 1.66. The Hall–Kier alpha value is -2.37. The van der Waals surface area contributed by atoms with Crippen LogP contribution in [0.2, 0.25) is 0 Å². The van der Waals surface area contributed by atoms with Gasteiger partial charge in [-0.2, -0.15) is 0 Å². The maximum Gasteiger partial charge on any atom is 0.359 e. The highest BCUT2D eigenvalue weighted by molar-refractivity contribution is 5.88. The summed E-state index contributed by atoms with van der Waals surface area (Å²) >= 11 is 0. The second-order valence-corrected chi connectivity index (χ2v) is 3.88. The lowest BCUT2D eigenvalue weighted by Gasteiger charge is -2.06. The second kappa shape index (κ2) is 5.73. The number of ether oxygens (including phenoxy) is 1. The molecular formula is C14H10F3NO2. The minimum Gasteiger partial charge on any atom is -0.461 e. The molecule has 0 aliphatic heterocycles. The van der Waals surface area contributed by atoms with Crippen LogP contribution in [0.15, 0.2) is 30.5 Å². The predicted molar refractivity (Wildman–Crippen MR) is 65.5 cm³/mol. The maximum atomic E-state index is 13.8. The Morgan fingerprint density at radius 1 is 1.25 bits per heavy atom. The number of aromatic nitrogens is 1. The molecule has 104 valence electrons. The molecular weight excluding hydrogens is 271 g/mol. The fraction of sp³-hybridized carbons (Fsp3) is 0.143. The Kier molecular flexibility index (Phi) is 4.02. The Morgan fingerprint density at radius 3 is 2.65 bits per heavy atom. The minimum atomic E-state index is -1.10. The van der Waals surface area contributed by atoms with Crippen molar-refractivity contribution >= 4 is 5.97 Å². The van der Waals surface area contributed by atoms with Crippen molar-refractivity contribution < 1.29 is 22.7 Å². The fourth-order valence-corrected chi connectivity index (χ4v) is 1.66. The first kappa shape index (κ1) is 14.0. The van der Waals surface area contributed by atoms with Crippen molar-refractivity contribution in [2.75, 3.05) is 6.61 Å². The van der Waals surface area contributed by atoms with Crippen LogP contribution in [0.25, 0.3) is 11.1 Å². The van der Waals surface area contributed by atoms with Crippen LogP contribution >= 0.6 is 0 Å². The van der Waals surface area contributed by atoms with Gasteiger partial charge in [0.2, 0.25) is 0 Å². The number of pyridine rings is 1. The van der Waals surface area contributed by atoms with E-state index in [1.54, 1.807) is 6.92 Å². The van der Waals surface area contributed by atoms with Crippen molar-refractivity contribution in [3.63, 3.8) is 0 Å². The van der Waals surface area contributed by atoms with E-state index in [1.807, 2.05) is 0 Å². The molecule has 0 fully saturated rings. The van der Waals surface area contributed by atoms with Crippen LogP contribution in [0, 0.1) is 17.5 Å². The largest absolute Gasteiger partial charge is 0.461 e. The lowest BCUT2D eigenvalue weighted by Crippen LogP contribution is -2.09. The summed E-state index contributed by atoms with van der Waals surface area (Å²) in [6.45, 7) is 1.66. The van der Waals surface area contributed by atoms with Crippen molar-refractivity contribution in [2.24, 2.45) is 0 Å². The molecule has 0 saturated carbocycles. The maximum absolute atomic E-state index is 13.8. The number of hydrogen-bond donors (Lipinski definition) is 0. The van der Waals surface area contributed by atoms with E-state index in [9.17, 15) is 18.0 Å². The van der Waals surface area contributed by atoms with Crippen LogP contribution in [-0.2, 0) is 4.74 Å². The van der Waals surface area contributed by atoms with Gasteiger partial charge in [-0.15, -0.1) is 0 Å². The lowest BCUT2D eigenvalue weighted by atomic mass is 10.1. The summed E-state index contributed by atoms with van der Waals surface area (Å²) in [7, 11) is 0. The molecule has 0 N–H and O–H groups in total. The average Bonchev–Trinajstić information content (AvgIpc) is 2.42. The van der Waals surface area contributed by atoms with Crippen molar-refractivity contribution in [2.45, 2.75) is 6.92 Å². The summed E-state index contributed by atoms with van der Waals surface area (Å²) in [5.41, 5.74) is -0.591. The number of carbonyl (C=O) groups is 1. The summed E-state index contributed by atoms with van der Waals surface area (Å²) < 4.78 is 45.1. The first-order chi connectivity index (χ1) is 9.54. The zero-order valence-corrected chi connectivity index (χ0v) is 10.5. The van der Waals surface area contributed by atoms with Gasteiger partial charge in [0.15, 0.2) is 23.1 Å². The number of benzene rings is 1. The van der Waals surface area contributed by atoms with Gasteiger partial charge in [-0.05, 0) is 19.1 Å². The van der Waals surface area contributed by atoms with Crippen molar-refractivity contribution in [1.29, 1.82) is 0 Å². The predicted octanol–water partition coefficient (Wildman–Crippen LogP) is 3.34. The summed E-state index contributed by atoms with van der Waals surface area (Å²) in [5.74, 6) is -4.00. The molecule has 0 atom stereocenters. The van der Waals surface area contributed by atoms with E-state index in [0.717, 1.165) is 18.3 Å². The zero-order chi connectivity index (χ0) is 14.7. The number of rotatable bonds is 3. The van der Waals surface area contributed by atoms with Gasteiger partial charge in [0.1, 0.15) is 0 Å². The molecule has 0 unspecified atom stereocenters. The number of nitrogens with zero attached hydrogens (tertiary/aromatic N) is 1. The molecule has 6 heteroatoms. The van der Waals surface area contributed by atoms with Crippen LogP contribution in [0.5, 0.6) is 0 Å². The first-order valence-corrected chi connectivity index (χ1v) is 5.81. The molecule has 0 aliphatic rings. The smallest absolute Gasteiger partial charge is 0.359 e. The van der Waals surface area contributed by atoms with Gasteiger partial charge in [-0.3, -0.25) is 0 Å². The molecule has 1 aromatic heterocycles. The highest BCUT2D eigenvalue weighted by Crippen LogP contribution is 2.25. The van der Waals surface area contributed by atoms with Crippen LogP contribution in [-0.4, -0.2) is 17.6 Å². The topological polar surface area (TPSA) is 39.2 Å². The van der Waals surface area contributed by atoms with Gasteiger partial charge in [0.05, 0.1) is 6.61 Å². The Morgan fingerprint density at radius 2 is 2.00 bits per heavy atom. The van der Waals surface area contributed by atoms with E-state index in [-0.39, 0.29) is 17.7 Å². The third kappa shape index (κ3) is 2.64. The summed E-state index contributed by atoms with van der Waals surface area (Å²) in [6, 6.07) is 4.45. The highest BCUT2D eigenvalue weighted by atomic mass is 19.2. The minimum absolute atomic E-state index is 0.0348. The Bertz CT molecular complexity index is 659. The summed E-state index contributed by atoms with van der Waals surface area (Å²) in [6.07, 6.45) is 1.09. The normalized spacial score (nSPS) is 10.4. The van der Waals surface area contributed by atoms with E-state index in [2.05, 4.69) is 9.72 Å². The third-order valence-corrected chi connectivity index (χ3v) is 2.57. The van der Waals surface area contributed by atoms with Gasteiger partial charge in [0, 0.05) is 17.3 Å². The Labute approximate surface area is 113 Å². The first-order valence-electron chi connectivity index (χ1n) is 5.81. The number of esters is 1. The average molecular weight is 281 g/mol. The second-order valence-electron chi connectivity index (χ2n) is 3.88. The van der Waals surface area contributed by atoms with Gasteiger partial charge in [-0.1, -0.05) is 12.1 Å². The number of hydrogen-bond acceptors (Lipinski definition) is 3. The molecule has 0 aliphatic carbocycles. The SMILES string of the molecule is CCOC(=O)c1ncc(-c2cccc(F)c2F)cc1F. The Balaban J connectivity index is 2.43. The van der Waals surface area contributed by atoms with E-state index >= 15 is 0 Å². The van der Waals surface area contributed by atoms with E-state index < -0.39 is 29.1 Å². The van der Waals surface area contributed by atoms with Gasteiger partial charge in [0.25, 0.3) is 0 Å². The van der Waals surface area contributed by atoms with Gasteiger partial charge in [-0.25, -0.2) is 22.9 Å². The molecule has 0 amide bonds. The molecule has 0 saturated heterocycles. The molecule has 1 heterocycles. The highest BCUT2D eigenvalue weighted by Gasteiger charge is 2.17. The van der Waals surface area contributed by atoms with E-state index in [4.69, 9.17) is 0 Å². The van der Waals surface area contributed by atoms with Crippen molar-refractivity contribution in [1.82, 2.24) is 4.98 Å². The lowest BCUT2D eigenvalue weighted by molar-refractivity contribution is 0.0513. The molecule has 20 heavy (non-hydrogen) atoms. The molecule has 3 nitrogen and oxygen atoms in total. The molecule has 0 bridgehead atoms. The van der Waals surface area contributed by atoms with E-state index in [1.165, 1.54) is 12.1 Å². The van der Waals surface area contributed by atoms with Crippen molar-refractivity contribution in [3.05, 3.63) is 53.6 Å². The van der Waals surface area contributed by atoms with Crippen LogP contribution in [0.1, 0.15) is 17.4 Å². The molecule has 2 aromatic rings. The van der Waals surface area contributed by atoms with Gasteiger partial charge >= 0.3 is 5.97 Å². The molecule has 1 aromatic carbocycles. The van der Waals surface area contributed by atoms with Crippen LogP contribution in [0.3, 0.4) is 0 Å². The number of carbonyl (C=O) groups excluding carboxylic acids is 1. The van der Waals surface area contributed by atoms with E-state index in [0.29, 0.717) is 0 Å². The summed E-state index contributed by atoms with van der Waals surface area (Å²) in [5, 5.41) is 0. The summed E-state index contributed by atoms with van der Waals surface area (Å²) in [4.78, 5) is 15.0. The third-order valence-electron chi connectivity index (χ3n) is 2.57. The van der Waals surface area contributed by atoms with Crippen LogP contribution in [0.4, 0.5) is 13.2 Å². The quantitative estimate of drug-likeness (QED) is 0.810. The molecule has 0 radical (unpaired) electrons. The van der Waals surface area contributed by atoms with Crippen molar-refractivity contribution in [3.8, 4) is 11.1 Å². The zero-order valence-electron chi connectivity index (χ0n) is 10.5. The number of halogens is 3.